The van der Waals surface area contributed by atoms with Gasteiger partial charge in [-0.3, -0.25) is 4.68 Å². The van der Waals surface area contributed by atoms with Gasteiger partial charge < -0.3 is 10.5 Å². The minimum absolute atomic E-state index is 0.341. The van der Waals surface area contributed by atoms with Gasteiger partial charge in [-0.1, -0.05) is 25.4 Å². The van der Waals surface area contributed by atoms with Gasteiger partial charge in [0.05, 0.1) is 5.69 Å². The Morgan fingerprint density at radius 2 is 2.00 bits per heavy atom. The highest BCUT2D eigenvalue weighted by Gasteiger charge is 2.15. The molecule has 0 aliphatic heterocycles. The molecule has 0 aliphatic rings. The van der Waals surface area contributed by atoms with Crippen LogP contribution in [0.2, 0.25) is 5.15 Å². The van der Waals surface area contributed by atoms with E-state index < -0.39 is 0 Å². The molecule has 2 aromatic rings. The van der Waals surface area contributed by atoms with Crippen LogP contribution < -0.4 is 10.5 Å². The number of rotatable bonds is 4. The minimum Gasteiger partial charge on any atom is -0.488 e. The van der Waals surface area contributed by atoms with Crippen LogP contribution in [0, 0.1) is 13.8 Å². The van der Waals surface area contributed by atoms with Crippen LogP contribution in [0.4, 0.5) is 5.69 Å². The van der Waals surface area contributed by atoms with Crippen molar-refractivity contribution >= 4 is 17.3 Å². The van der Waals surface area contributed by atoms with Crippen molar-refractivity contribution in [2.45, 2.75) is 40.2 Å². The van der Waals surface area contributed by atoms with Crippen LogP contribution in [0.15, 0.2) is 12.1 Å². The molecule has 1 heterocycles. The highest BCUT2D eigenvalue weighted by molar-refractivity contribution is 6.30. The van der Waals surface area contributed by atoms with Crippen molar-refractivity contribution in [1.82, 2.24) is 9.78 Å². The maximum Gasteiger partial charge on any atom is 0.133 e. The first-order valence-corrected chi connectivity index (χ1v) is 7.39. The Hall–Kier alpha value is -1.68. The standard InChI is InChI=1S/C16H22ClN3O/c1-9(2)12-7-14(18)10(3)6-15(12)21-8-13-11(4)19-20(5)16(13)17/h6-7,9H,8,18H2,1-5H3. The van der Waals surface area contributed by atoms with E-state index in [1.54, 1.807) is 4.68 Å². The summed E-state index contributed by atoms with van der Waals surface area (Å²) in [4.78, 5) is 0. The van der Waals surface area contributed by atoms with Crippen LogP contribution in [0.25, 0.3) is 0 Å². The van der Waals surface area contributed by atoms with E-state index in [0.717, 1.165) is 33.8 Å². The highest BCUT2D eigenvalue weighted by atomic mass is 35.5. The summed E-state index contributed by atoms with van der Waals surface area (Å²) < 4.78 is 7.66. The maximum atomic E-state index is 6.24. The van der Waals surface area contributed by atoms with Gasteiger partial charge in [0.25, 0.3) is 0 Å². The van der Waals surface area contributed by atoms with Crippen LogP contribution in [-0.2, 0) is 13.7 Å². The summed E-state index contributed by atoms with van der Waals surface area (Å²) in [5, 5.41) is 4.91. The lowest BCUT2D eigenvalue weighted by Gasteiger charge is -2.16. The topological polar surface area (TPSA) is 53.1 Å². The fourth-order valence-electron chi connectivity index (χ4n) is 2.28. The number of anilines is 1. The number of nitrogen functional groups attached to an aromatic ring is 1. The molecule has 21 heavy (non-hydrogen) atoms. The monoisotopic (exact) mass is 307 g/mol. The highest BCUT2D eigenvalue weighted by Crippen LogP contribution is 2.32. The molecule has 5 heteroatoms. The molecule has 0 saturated carbocycles. The minimum atomic E-state index is 0.341. The van der Waals surface area contributed by atoms with Crippen LogP contribution in [0.5, 0.6) is 5.75 Å². The molecule has 0 radical (unpaired) electrons. The van der Waals surface area contributed by atoms with Gasteiger partial charge in [0.1, 0.15) is 17.5 Å². The molecule has 0 unspecified atom stereocenters. The number of ether oxygens (including phenoxy) is 1. The van der Waals surface area contributed by atoms with Crippen LogP contribution >= 0.6 is 11.6 Å². The summed E-state index contributed by atoms with van der Waals surface area (Å²) in [6, 6.07) is 3.98. The molecule has 0 amide bonds. The Morgan fingerprint density at radius 1 is 1.33 bits per heavy atom. The van der Waals surface area contributed by atoms with E-state index in [4.69, 9.17) is 22.1 Å². The number of benzene rings is 1. The Kier molecular flexibility index (Phi) is 4.47. The summed E-state index contributed by atoms with van der Waals surface area (Å²) in [6.07, 6.45) is 0. The van der Waals surface area contributed by atoms with E-state index in [0.29, 0.717) is 17.7 Å². The zero-order valence-corrected chi connectivity index (χ0v) is 14.0. The Labute approximate surface area is 130 Å². The van der Waals surface area contributed by atoms with E-state index in [9.17, 15) is 0 Å². The van der Waals surface area contributed by atoms with Crippen molar-refractivity contribution in [3.8, 4) is 5.75 Å². The van der Waals surface area contributed by atoms with Crippen molar-refractivity contribution in [2.75, 3.05) is 5.73 Å². The predicted octanol–water partition coefficient (Wildman–Crippen LogP) is 3.97. The maximum absolute atomic E-state index is 6.24. The van der Waals surface area contributed by atoms with Crippen molar-refractivity contribution in [1.29, 1.82) is 0 Å². The molecule has 1 aromatic heterocycles. The number of nitrogens with two attached hydrogens (primary N) is 1. The molecule has 1 aromatic carbocycles. The zero-order chi connectivity index (χ0) is 15.7. The average Bonchev–Trinajstić information content (AvgIpc) is 2.64. The lowest BCUT2D eigenvalue weighted by atomic mass is 9.99. The molecular weight excluding hydrogens is 286 g/mol. The Balaban J connectivity index is 2.29. The third kappa shape index (κ3) is 3.16. The number of aromatic nitrogens is 2. The van der Waals surface area contributed by atoms with Gasteiger partial charge in [-0.15, -0.1) is 0 Å². The lowest BCUT2D eigenvalue weighted by molar-refractivity contribution is 0.301. The lowest BCUT2D eigenvalue weighted by Crippen LogP contribution is -2.03. The average molecular weight is 308 g/mol. The molecule has 0 spiro atoms. The summed E-state index contributed by atoms with van der Waals surface area (Å²) in [6.45, 7) is 8.57. The van der Waals surface area contributed by atoms with E-state index in [-0.39, 0.29) is 0 Å². The van der Waals surface area contributed by atoms with Crippen molar-refractivity contribution < 1.29 is 4.74 Å². The van der Waals surface area contributed by atoms with Gasteiger partial charge in [0.15, 0.2) is 0 Å². The van der Waals surface area contributed by atoms with Gasteiger partial charge in [-0.25, -0.2) is 0 Å². The second-order valence-electron chi connectivity index (χ2n) is 5.67. The van der Waals surface area contributed by atoms with Crippen LogP contribution in [0.3, 0.4) is 0 Å². The van der Waals surface area contributed by atoms with E-state index >= 15 is 0 Å². The summed E-state index contributed by atoms with van der Waals surface area (Å²) >= 11 is 6.24. The normalized spacial score (nSPS) is 11.2. The summed E-state index contributed by atoms with van der Waals surface area (Å²) in [5.74, 6) is 1.20. The van der Waals surface area contributed by atoms with Gasteiger partial charge in [-0.05, 0) is 43.0 Å². The number of hydrogen-bond acceptors (Lipinski definition) is 3. The van der Waals surface area contributed by atoms with Gasteiger partial charge >= 0.3 is 0 Å². The molecule has 0 fully saturated rings. The SMILES string of the molecule is Cc1cc(OCc2c(C)nn(C)c2Cl)c(C(C)C)cc1N. The number of nitrogens with zero attached hydrogens (tertiary/aromatic N) is 2. The largest absolute Gasteiger partial charge is 0.488 e. The van der Waals surface area contributed by atoms with Crippen molar-refractivity contribution in [3.63, 3.8) is 0 Å². The number of aryl methyl sites for hydroxylation is 3. The molecule has 0 bridgehead atoms. The zero-order valence-electron chi connectivity index (χ0n) is 13.2. The van der Waals surface area contributed by atoms with Gasteiger partial charge in [0.2, 0.25) is 0 Å². The summed E-state index contributed by atoms with van der Waals surface area (Å²) in [5.41, 5.74) is 10.7. The van der Waals surface area contributed by atoms with Crippen LogP contribution in [-0.4, -0.2) is 9.78 Å². The number of hydrogen-bond donors (Lipinski definition) is 1. The van der Waals surface area contributed by atoms with Crippen molar-refractivity contribution in [3.05, 3.63) is 39.7 Å². The second kappa shape index (κ2) is 5.98. The summed E-state index contributed by atoms with van der Waals surface area (Å²) in [7, 11) is 1.83. The van der Waals surface area contributed by atoms with Gasteiger partial charge in [0, 0.05) is 18.3 Å². The number of halogens is 1. The fraction of sp³-hybridized carbons (Fsp3) is 0.438. The Morgan fingerprint density at radius 3 is 2.52 bits per heavy atom. The predicted molar refractivity (Wildman–Crippen MR) is 87.0 cm³/mol. The molecule has 114 valence electrons. The first-order valence-electron chi connectivity index (χ1n) is 7.02. The fourth-order valence-corrected chi connectivity index (χ4v) is 2.51. The van der Waals surface area contributed by atoms with Crippen LogP contribution in [0.1, 0.15) is 42.1 Å². The quantitative estimate of drug-likeness (QED) is 0.869. The second-order valence-corrected chi connectivity index (χ2v) is 6.03. The van der Waals surface area contributed by atoms with E-state index in [1.165, 1.54) is 0 Å². The molecule has 0 saturated heterocycles. The first kappa shape index (κ1) is 15.7. The Bertz CT molecular complexity index is 662. The van der Waals surface area contributed by atoms with E-state index in [2.05, 4.69) is 18.9 Å². The molecule has 4 nitrogen and oxygen atoms in total. The molecular formula is C16H22ClN3O. The molecule has 2 rings (SSSR count). The smallest absolute Gasteiger partial charge is 0.133 e. The molecule has 0 aliphatic carbocycles. The molecule has 0 atom stereocenters. The van der Waals surface area contributed by atoms with E-state index in [1.807, 2.05) is 33.0 Å². The van der Waals surface area contributed by atoms with Gasteiger partial charge in [-0.2, -0.15) is 5.10 Å². The third-order valence-corrected chi connectivity index (χ3v) is 4.14. The third-order valence-electron chi connectivity index (χ3n) is 3.66. The van der Waals surface area contributed by atoms with Crippen molar-refractivity contribution in [2.24, 2.45) is 7.05 Å². The first-order chi connectivity index (χ1) is 9.81. The molecule has 2 N–H and O–H groups in total.